The van der Waals surface area contributed by atoms with Crippen LogP contribution in [0.1, 0.15) is 21.1 Å². The Hall–Kier alpha value is -2.48. The number of nitrogens with one attached hydrogen (secondary N) is 2. The zero-order valence-corrected chi connectivity index (χ0v) is 11.6. The Labute approximate surface area is 118 Å². The fourth-order valence-electron chi connectivity index (χ4n) is 1.67. The van der Waals surface area contributed by atoms with Gasteiger partial charge in [0.2, 0.25) is 5.95 Å². The summed E-state index contributed by atoms with van der Waals surface area (Å²) in [6.45, 7) is 3.62. The summed E-state index contributed by atoms with van der Waals surface area (Å²) in [4.78, 5) is 20.7. The first kappa shape index (κ1) is 12.5. The highest BCUT2D eigenvalue weighted by atomic mass is 32.1. The van der Waals surface area contributed by atoms with Gasteiger partial charge >= 0.3 is 0 Å². The van der Waals surface area contributed by atoms with Crippen molar-refractivity contribution in [2.75, 3.05) is 5.32 Å². The molecule has 0 radical (unpaired) electrons. The second kappa shape index (κ2) is 4.89. The Morgan fingerprint density at radius 1 is 1.40 bits per heavy atom. The van der Waals surface area contributed by atoms with Crippen molar-refractivity contribution < 1.29 is 9.21 Å². The van der Waals surface area contributed by atoms with Gasteiger partial charge in [-0.2, -0.15) is 4.98 Å². The molecule has 3 aromatic heterocycles. The van der Waals surface area contributed by atoms with Gasteiger partial charge in [0, 0.05) is 0 Å². The van der Waals surface area contributed by atoms with Gasteiger partial charge in [-0.3, -0.25) is 15.2 Å². The number of rotatable bonds is 3. The number of aromatic nitrogens is 4. The number of thiazole rings is 1. The quantitative estimate of drug-likeness (QED) is 0.771. The van der Waals surface area contributed by atoms with Gasteiger partial charge in [0.05, 0.1) is 11.2 Å². The van der Waals surface area contributed by atoms with Crippen molar-refractivity contribution in [1.82, 2.24) is 20.2 Å². The standard InChI is InChI=1S/C12H11N5O2S/c1-6-3-4-8(19-6)10-14-12(17-16-10)15-11(18)9-7(2)13-5-20-9/h3-5H,1-2H3,(H2,14,15,16,17,18). The monoisotopic (exact) mass is 289 g/mol. The van der Waals surface area contributed by atoms with E-state index in [1.807, 2.05) is 13.0 Å². The van der Waals surface area contributed by atoms with Gasteiger partial charge in [0.25, 0.3) is 5.91 Å². The number of carbonyl (C=O) groups excluding carboxylic acids is 1. The SMILES string of the molecule is Cc1ccc(-c2nc(NC(=O)c3scnc3C)n[nH]2)o1. The van der Waals surface area contributed by atoms with E-state index in [2.05, 4.69) is 25.5 Å². The van der Waals surface area contributed by atoms with E-state index in [0.717, 1.165) is 5.76 Å². The van der Waals surface area contributed by atoms with Crippen molar-refractivity contribution in [2.45, 2.75) is 13.8 Å². The van der Waals surface area contributed by atoms with E-state index in [4.69, 9.17) is 4.42 Å². The molecule has 0 saturated carbocycles. The van der Waals surface area contributed by atoms with E-state index in [-0.39, 0.29) is 11.9 Å². The lowest BCUT2D eigenvalue weighted by atomic mass is 10.4. The summed E-state index contributed by atoms with van der Waals surface area (Å²) >= 11 is 1.28. The highest BCUT2D eigenvalue weighted by molar-refractivity contribution is 7.12. The topological polar surface area (TPSA) is 96.7 Å². The summed E-state index contributed by atoms with van der Waals surface area (Å²) in [5, 5.41) is 9.27. The van der Waals surface area contributed by atoms with Gasteiger partial charge in [-0.25, -0.2) is 4.98 Å². The summed E-state index contributed by atoms with van der Waals surface area (Å²) < 4.78 is 5.42. The molecule has 0 bridgehead atoms. The Balaban J connectivity index is 1.78. The van der Waals surface area contributed by atoms with Crippen molar-refractivity contribution in [3.8, 4) is 11.6 Å². The molecule has 20 heavy (non-hydrogen) atoms. The number of nitrogens with zero attached hydrogens (tertiary/aromatic N) is 3. The fourth-order valence-corrected chi connectivity index (χ4v) is 2.37. The molecule has 0 spiro atoms. The summed E-state index contributed by atoms with van der Waals surface area (Å²) in [5.74, 6) is 1.75. The molecule has 7 nitrogen and oxygen atoms in total. The Morgan fingerprint density at radius 2 is 2.25 bits per heavy atom. The summed E-state index contributed by atoms with van der Waals surface area (Å²) in [6.07, 6.45) is 0. The van der Waals surface area contributed by atoms with Crippen LogP contribution in [0.4, 0.5) is 5.95 Å². The summed E-state index contributed by atoms with van der Waals surface area (Å²) in [7, 11) is 0. The van der Waals surface area contributed by atoms with Crippen molar-refractivity contribution >= 4 is 23.2 Å². The number of furan rings is 1. The third-order valence-corrected chi connectivity index (χ3v) is 3.56. The molecule has 0 aromatic carbocycles. The molecular formula is C12H11N5O2S. The van der Waals surface area contributed by atoms with Crippen LogP contribution in [0.5, 0.6) is 0 Å². The van der Waals surface area contributed by atoms with Crippen LogP contribution in [0, 0.1) is 13.8 Å². The Kier molecular flexibility index (Phi) is 3.07. The maximum Gasteiger partial charge on any atom is 0.270 e. The lowest BCUT2D eigenvalue weighted by Crippen LogP contribution is -2.12. The lowest BCUT2D eigenvalue weighted by molar-refractivity contribution is 0.102. The summed E-state index contributed by atoms with van der Waals surface area (Å²) in [6, 6.07) is 3.62. The van der Waals surface area contributed by atoms with Crippen molar-refractivity contribution in [3.05, 3.63) is 34.0 Å². The predicted octanol–water partition coefficient (Wildman–Crippen LogP) is 2.39. The molecule has 8 heteroatoms. The molecule has 0 aliphatic heterocycles. The smallest absolute Gasteiger partial charge is 0.270 e. The van der Waals surface area contributed by atoms with Gasteiger partial charge in [0.1, 0.15) is 10.6 Å². The first-order valence-corrected chi connectivity index (χ1v) is 6.72. The second-order valence-corrected chi connectivity index (χ2v) is 4.99. The van der Waals surface area contributed by atoms with Crippen LogP contribution in [0.15, 0.2) is 22.1 Å². The zero-order chi connectivity index (χ0) is 14.1. The number of H-pyrrole nitrogens is 1. The maximum atomic E-state index is 12.0. The predicted molar refractivity (Wildman–Crippen MR) is 73.6 cm³/mol. The van der Waals surface area contributed by atoms with E-state index in [0.29, 0.717) is 22.2 Å². The van der Waals surface area contributed by atoms with Crippen LogP contribution < -0.4 is 5.32 Å². The van der Waals surface area contributed by atoms with Gasteiger partial charge < -0.3 is 4.42 Å². The van der Waals surface area contributed by atoms with E-state index in [1.165, 1.54) is 11.3 Å². The van der Waals surface area contributed by atoms with Crippen molar-refractivity contribution in [3.63, 3.8) is 0 Å². The number of aryl methyl sites for hydroxylation is 2. The van der Waals surface area contributed by atoms with E-state index in [1.54, 1.807) is 18.5 Å². The third kappa shape index (κ3) is 2.32. The summed E-state index contributed by atoms with van der Waals surface area (Å²) in [5.41, 5.74) is 2.31. The van der Waals surface area contributed by atoms with Gasteiger partial charge in [-0.15, -0.1) is 16.4 Å². The van der Waals surface area contributed by atoms with E-state index in [9.17, 15) is 4.79 Å². The first-order valence-electron chi connectivity index (χ1n) is 5.84. The molecule has 0 fully saturated rings. The molecule has 0 unspecified atom stereocenters. The van der Waals surface area contributed by atoms with Crippen LogP contribution in [-0.4, -0.2) is 26.1 Å². The Bertz CT molecular complexity index is 757. The number of hydrogen-bond donors (Lipinski definition) is 2. The number of aromatic amines is 1. The minimum absolute atomic E-state index is 0.201. The van der Waals surface area contributed by atoms with Crippen LogP contribution in [0.3, 0.4) is 0 Å². The third-order valence-electron chi connectivity index (χ3n) is 2.64. The van der Waals surface area contributed by atoms with Gasteiger partial charge in [-0.05, 0) is 26.0 Å². The normalized spacial score (nSPS) is 10.7. The Morgan fingerprint density at radius 3 is 2.90 bits per heavy atom. The molecule has 1 amide bonds. The number of hydrogen-bond acceptors (Lipinski definition) is 6. The zero-order valence-electron chi connectivity index (χ0n) is 10.8. The first-order chi connectivity index (χ1) is 9.63. The maximum absolute atomic E-state index is 12.0. The molecule has 0 atom stereocenters. The molecule has 0 saturated heterocycles. The molecule has 102 valence electrons. The van der Waals surface area contributed by atoms with E-state index < -0.39 is 0 Å². The average molecular weight is 289 g/mol. The average Bonchev–Trinajstić information content (AvgIpc) is 3.10. The van der Waals surface area contributed by atoms with Gasteiger partial charge in [0.15, 0.2) is 11.6 Å². The fraction of sp³-hybridized carbons (Fsp3) is 0.167. The van der Waals surface area contributed by atoms with Crippen molar-refractivity contribution in [1.29, 1.82) is 0 Å². The molecule has 3 rings (SSSR count). The van der Waals surface area contributed by atoms with E-state index >= 15 is 0 Å². The molecule has 0 aliphatic rings. The minimum Gasteiger partial charge on any atom is -0.458 e. The number of anilines is 1. The largest absolute Gasteiger partial charge is 0.458 e. The molecule has 2 N–H and O–H groups in total. The molecule has 3 heterocycles. The lowest BCUT2D eigenvalue weighted by Gasteiger charge is -1.97. The molecular weight excluding hydrogens is 278 g/mol. The van der Waals surface area contributed by atoms with Crippen LogP contribution in [-0.2, 0) is 0 Å². The van der Waals surface area contributed by atoms with Crippen LogP contribution in [0.25, 0.3) is 11.6 Å². The second-order valence-electron chi connectivity index (χ2n) is 4.14. The number of carbonyl (C=O) groups is 1. The number of amides is 1. The van der Waals surface area contributed by atoms with Crippen LogP contribution >= 0.6 is 11.3 Å². The van der Waals surface area contributed by atoms with Crippen molar-refractivity contribution in [2.24, 2.45) is 0 Å². The van der Waals surface area contributed by atoms with Crippen LogP contribution in [0.2, 0.25) is 0 Å². The highest BCUT2D eigenvalue weighted by Gasteiger charge is 2.15. The molecule has 0 aliphatic carbocycles. The van der Waals surface area contributed by atoms with Gasteiger partial charge in [-0.1, -0.05) is 0 Å². The highest BCUT2D eigenvalue weighted by Crippen LogP contribution is 2.19. The minimum atomic E-state index is -0.272. The molecule has 3 aromatic rings.